The van der Waals surface area contributed by atoms with Gasteiger partial charge in [-0.15, -0.1) is 0 Å². The van der Waals surface area contributed by atoms with Crippen LogP contribution in [0.2, 0.25) is 0 Å². The third kappa shape index (κ3) is 7.21. The van der Waals surface area contributed by atoms with Crippen molar-refractivity contribution in [2.24, 2.45) is 0 Å². The van der Waals surface area contributed by atoms with Crippen LogP contribution in [0.5, 0.6) is 0 Å². The normalized spacial score (nSPS) is 25.1. The molecule has 0 bridgehead atoms. The maximum absolute atomic E-state index is 11.5. The number of carbonyl (C=O) groups excluding carboxylic acids is 5. The minimum absolute atomic E-state index is 0.420. The van der Waals surface area contributed by atoms with Crippen molar-refractivity contribution in [3.05, 3.63) is 0 Å². The van der Waals surface area contributed by atoms with Gasteiger partial charge in [0.15, 0.2) is 12.2 Å². The van der Waals surface area contributed by atoms with Gasteiger partial charge in [-0.05, 0) is 0 Å². The van der Waals surface area contributed by atoms with E-state index in [1.54, 1.807) is 0 Å². The molecule has 152 valence electrons. The number of rotatable bonds is 7. The fourth-order valence-electron chi connectivity index (χ4n) is 2.46. The molecule has 0 aromatic rings. The first-order valence-corrected chi connectivity index (χ1v) is 7.99. The molecule has 0 radical (unpaired) electrons. The van der Waals surface area contributed by atoms with Crippen LogP contribution in [0.4, 0.5) is 0 Å². The first-order valence-electron chi connectivity index (χ1n) is 7.99. The van der Waals surface area contributed by atoms with Crippen LogP contribution >= 0.6 is 0 Å². The smallest absolute Gasteiger partial charge is 0.305 e. The largest absolute Gasteiger partial charge is 0.462 e. The molecule has 1 unspecified atom stereocenters. The Labute approximate surface area is 155 Å². The van der Waals surface area contributed by atoms with E-state index < -0.39 is 67.2 Å². The van der Waals surface area contributed by atoms with E-state index >= 15 is 0 Å². The highest BCUT2D eigenvalue weighted by Crippen LogP contribution is 2.31. The van der Waals surface area contributed by atoms with Crippen LogP contribution in [-0.2, 0) is 52.4 Å². The van der Waals surface area contributed by atoms with Gasteiger partial charge in [-0.25, -0.2) is 0 Å². The third-order valence-electron chi connectivity index (χ3n) is 3.23. The molecular formula is C16H22O11. The molecule has 0 N–H and O–H groups in total. The lowest BCUT2D eigenvalue weighted by Crippen LogP contribution is -2.46. The molecule has 1 aliphatic heterocycles. The van der Waals surface area contributed by atoms with E-state index in [2.05, 4.69) is 0 Å². The van der Waals surface area contributed by atoms with Crippen LogP contribution in [-0.4, -0.2) is 67.2 Å². The zero-order valence-corrected chi connectivity index (χ0v) is 15.6. The fraction of sp³-hybridized carbons (Fsp3) is 0.688. The summed E-state index contributed by atoms with van der Waals surface area (Å²) in [5.74, 6) is -3.62. The van der Waals surface area contributed by atoms with Gasteiger partial charge < -0.3 is 28.4 Å². The zero-order valence-electron chi connectivity index (χ0n) is 15.6. The molecule has 0 aromatic heterocycles. The van der Waals surface area contributed by atoms with E-state index in [9.17, 15) is 24.0 Å². The van der Waals surface area contributed by atoms with Crippen LogP contribution in [0.15, 0.2) is 0 Å². The summed E-state index contributed by atoms with van der Waals surface area (Å²) in [6, 6.07) is 0. The maximum atomic E-state index is 11.5. The van der Waals surface area contributed by atoms with Crippen molar-refractivity contribution < 1.29 is 52.4 Å². The van der Waals surface area contributed by atoms with Gasteiger partial charge in [-0.3, -0.25) is 24.0 Å². The predicted molar refractivity (Wildman–Crippen MR) is 83.7 cm³/mol. The van der Waals surface area contributed by atoms with Crippen molar-refractivity contribution in [3.8, 4) is 0 Å². The Morgan fingerprint density at radius 2 is 1.26 bits per heavy atom. The van der Waals surface area contributed by atoms with Crippen molar-refractivity contribution in [1.82, 2.24) is 0 Å². The Kier molecular flexibility index (Phi) is 8.16. The summed E-state index contributed by atoms with van der Waals surface area (Å²) in [5.41, 5.74) is 0. The Bertz CT molecular complexity index is 599. The van der Waals surface area contributed by atoms with Gasteiger partial charge in [0.1, 0.15) is 12.7 Å². The van der Waals surface area contributed by atoms with Crippen molar-refractivity contribution >= 4 is 29.8 Å². The van der Waals surface area contributed by atoms with Gasteiger partial charge >= 0.3 is 29.8 Å². The van der Waals surface area contributed by atoms with Gasteiger partial charge in [0, 0.05) is 34.6 Å². The van der Waals surface area contributed by atoms with Crippen molar-refractivity contribution in [1.29, 1.82) is 0 Å². The minimum Gasteiger partial charge on any atom is -0.462 e. The summed E-state index contributed by atoms with van der Waals surface area (Å²) in [6.45, 7) is 5.15. The molecule has 1 saturated heterocycles. The van der Waals surface area contributed by atoms with Crippen LogP contribution < -0.4 is 0 Å². The number of hydrogen-bond donors (Lipinski definition) is 0. The molecular weight excluding hydrogens is 368 g/mol. The van der Waals surface area contributed by atoms with Crippen molar-refractivity contribution in [2.75, 3.05) is 6.61 Å². The summed E-state index contributed by atoms with van der Waals surface area (Å²) < 4.78 is 30.7. The molecule has 0 saturated carbocycles. The second-order valence-corrected chi connectivity index (χ2v) is 5.68. The molecule has 0 aliphatic carbocycles. The summed E-state index contributed by atoms with van der Waals surface area (Å²) in [4.78, 5) is 56.7. The second-order valence-electron chi connectivity index (χ2n) is 5.68. The second kappa shape index (κ2) is 9.86. The number of ether oxygens (including phenoxy) is 6. The van der Waals surface area contributed by atoms with Crippen LogP contribution in [0.1, 0.15) is 34.6 Å². The lowest BCUT2D eigenvalue weighted by Gasteiger charge is -2.27. The fourth-order valence-corrected chi connectivity index (χ4v) is 2.46. The van der Waals surface area contributed by atoms with E-state index in [1.807, 2.05) is 0 Å². The molecule has 1 fully saturated rings. The lowest BCUT2D eigenvalue weighted by molar-refractivity contribution is -0.203. The topological polar surface area (TPSA) is 141 Å². The SMILES string of the molecule is CC(=O)OC[C@H](OC(C)=O)[C@H]1OC(OC(C)=O)[C@H](OC(C)=O)[C@@H]1OC(C)=O. The summed E-state index contributed by atoms with van der Waals surface area (Å²) in [6.07, 6.45) is -6.46. The van der Waals surface area contributed by atoms with Gasteiger partial charge in [-0.1, -0.05) is 0 Å². The maximum Gasteiger partial charge on any atom is 0.305 e. The van der Waals surface area contributed by atoms with Crippen LogP contribution in [0.3, 0.4) is 0 Å². The Morgan fingerprint density at radius 1 is 0.741 bits per heavy atom. The van der Waals surface area contributed by atoms with E-state index in [4.69, 9.17) is 28.4 Å². The summed E-state index contributed by atoms with van der Waals surface area (Å²) in [7, 11) is 0. The molecule has 0 aromatic carbocycles. The first-order chi connectivity index (χ1) is 12.5. The number of esters is 5. The Balaban J connectivity index is 3.20. The van der Waals surface area contributed by atoms with E-state index in [0.29, 0.717) is 0 Å². The molecule has 5 atom stereocenters. The van der Waals surface area contributed by atoms with Gasteiger partial charge in [0.2, 0.25) is 12.4 Å². The predicted octanol–water partition coefficient (Wildman–Crippen LogP) is -0.367. The van der Waals surface area contributed by atoms with Crippen molar-refractivity contribution in [2.45, 2.75) is 65.3 Å². The van der Waals surface area contributed by atoms with Gasteiger partial charge in [-0.2, -0.15) is 0 Å². The highest BCUT2D eigenvalue weighted by atomic mass is 16.8. The van der Waals surface area contributed by atoms with Crippen LogP contribution in [0.25, 0.3) is 0 Å². The molecule has 27 heavy (non-hydrogen) atoms. The van der Waals surface area contributed by atoms with Crippen LogP contribution in [0, 0.1) is 0 Å². The van der Waals surface area contributed by atoms with Gasteiger partial charge in [0.05, 0.1) is 0 Å². The third-order valence-corrected chi connectivity index (χ3v) is 3.23. The summed E-state index contributed by atoms with van der Waals surface area (Å²) in [5, 5.41) is 0. The minimum atomic E-state index is -1.42. The molecule has 1 rings (SSSR count). The molecule has 0 amide bonds. The number of carbonyl (C=O) groups is 5. The lowest BCUT2D eigenvalue weighted by atomic mass is 10.1. The summed E-state index contributed by atoms with van der Waals surface area (Å²) >= 11 is 0. The monoisotopic (exact) mass is 390 g/mol. The Morgan fingerprint density at radius 3 is 1.70 bits per heavy atom. The van der Waals surface area contributed by atoms with E-state index in [-0.39, 0.29) is 0 Å². The molecule has 11 nitrogen and oxygen atoms in total. The van der Waals surface area contributed by atoms with Crippen molar-refractivity contribution in [3.63, 3.8) is 0 Å². The molecule has 1 aliphatic rings. The zero-order chi connectivity index (χ0) is 20.7. The highest BCUT2D eigenvalue weighted by molar-refractivity contribution is 5.69. The molecule has 0 spiro atoms. The first kappa shape index (κ1) is 22.4. The number of hydrogen-bond acceptors (Lipinski definition) is 11. The highest BCUT2D eigenvalue weighted by Gasteiger charge is 2.55. The van der Waals surface area contributed by atoms with E-state index in [0.717, 1.165) is 34.6 Å². The van der Waals surface area contributed by atoms with Gasteiger partial charge in [0.25, 0.3) is 0 Å². The quantitative estimate of drug-likeness (QED) is 0.415. The molecule has 1 heterocycles. The van der Waals surface area contributed by atoms with E-state index in [1.165, 1.54) is 0 Å². The average molecular weight is 390 g/mol. The Hall–Kier alpha value is -2.69. The standard InChI is InChI=1S/C16H22O11/c1-7(17)22-6-12(23-8(2)18)13-14(24-9(3)19)15(25-10(4)20)16(27-13)26-11(5)21/h12-16H,6H2,1-5H3/t12-,13+,14+,15+,16?/m0/s1. The average Bonchev–Trinajstić information content (AvgIpc) is 2.79. The molecule has 11 heteroatoms.